The third-order valence-corrected chi connectivity index (χ3v) is 2.77. The van der Waals surface area contributed by atoms with Crippen LogP contribution in [0.25, 0.3) is 6.08 Å². The fraction of sp³-hybridized carbons (Fsp3) is 0.417. The van der Waals surface area contributed by atoms with Gasteiger partial charge in [-0.1, -0.05) is 6.92 Å². The van der Waals surface area contributed by atoms with Gasteiger partial charge in [-0.3, -0.25) is 4.79 Å². The number of likely N-dealkylation sites (N-methyl/N-ethyl adjacent to an activating group) is 1. The highest BCUT2D eigenvalue weighted by Crippen LogP contribution is 2.47. The molecule has 0 bridgehead atoms. The second-order valence-corrected chi connectivity index (χ2v) is 4.01. The smallest absolute Gasteiger partial charge is 0.243 e. The van der Waals surface area contributed by atoms with Crippen molar-refractivity contribution in [1.29, 1.82) is 0 Å². The van der Waals surface area contributed by atoms with Gasteiger partial charge in [0.15, 0.2) is 0 Å². The van der Waals surface area contributed by atoms with Crippen molar-refractivity contribution in [3.05, 3.63) is 29.7 Å². The third-order valence-electron chi connectivity index (χ3n) is 2.77. The number of amides is 1. The first-order valence-corrected chi connectivity index (χ1v) is 5.20. The number of furan rings is 1. The van der Waals surface area contributed by atoms with Crippen molar-refractivity contribution in [3.63, 3.8) is 0 Å². The minimum atomic E-state index is -0.118. The molecule has 2 rings (SSSR count). The minimum absolute atomic E-state index is 0.118. The Morgan fingerprint density at radius 1 is 1.60 bits per heavy atom. The van der Waals surface area contributed by atoms with Gasteiger partial charge in [-0.25, -0.2) is 0 Å². The normalized spacial score (nSPS) is 24.4. The number of carbonyl (C=O) groups excluding carboxylic acids is 1. The van der Waals surface area contributed by atoms with Crippen LogP contribution in [0.1, 0.15) is 30.8 Å². The summed E-state index contributed by atoms with van der Waals surface area (Å²) in [4.78, 5) is 11.0. The summed E-state index contributed by atoms with van der Waals surface area (Å²) >= 11 is 0. The Morgan fingerprint density at radius 3 is 2.93 bits per heavy atom. The molecule has 0 spiro atoms. The second-order valence-electron chi connectivity index (χ2n) is 4.01. The largest absolute Gasteiger partial charge is 0.461 e. The highest BCUT2D eigenvalue weighted by Gasteiger charge is 2.36. The molecule has 1 fully saturated rings. The van der Waals surface area contributed by atoms with Gasteiger partial charge >= 0.3 is 0 Å². The molecule has 1 N–H and O–H groups in total. The number of carbonyl (C=O) groups is 1. The summed E-state index contributed by atoms with van der Waals surface area (Å²) in [5, 5.41) is 2.52. The summed E-state index contributed by atoms with van der Waals surface area (Å²) < 4.78 is 5.61. The van der Waals surface area contributed by atoms with E-state index in [1.807, 2.05) is 12.1 Å². The molecule has 0 saturated heterocycles. The molecule has 3 heteroatoms. The summed E-state index contributed by atoms with van der Waals surface area (Å²) in [5.41, 5.74) is 0. The molecule has 2 atom stereocenters. The Kier molecular flexibility index (Phi) is 2.62. The van der Waals surface area contributed by atoms with Crippen LogP contribution in [0.2, 0.25) is 0 Å². The van der Waals surface area contributed by atoms with Crippen LogP contribution < -0.4 is 5.32 Å². The number of nitrogens with one attached hydrogen (secondary N) is 1. The van der Waals surface area contributed by atoms with Crippen LogP contribution >= 0.6 is 0 Å². The van der Waals surface area contributed by atoms with Crippen molar-refractivity contribution in [2.45, 2.75) is 19.3 Å². The molecule has 1 aliphatic carbocycles. The fourth-order valence-electron chi connectivity index (χ4n) is 1.62. The van der Waals surface area contributed by atoms with E-state index in [-0.39, 0.29) is 5.91 Å². The van der Waals surface area contributed by atoms with E-state index in [1.165, 1.54) is 12.5 Å². The Balaban J connectivity index is 2.01. The summed E-state index contributed by atoms with van der Waals surface area (Å²) in [6.07, 6.45) is 4.38. The molecule has 1 amide bonds. The first kappa shape index (κ1) is 10.0. The lowest BCUT2D eigenvalue weighted by molar-refractivity contribution is -0.115. The predicted molar refractivity (Wildman–Crippen MR) is 58.3 cm³/mol. The van der Waals surface area contributed by atoms with E-state index in [0.29, 0.717) is 5.92 Å². The van der Waals surface area contributed by atoms with Gasteiger partial charge in [-0.05, 0) is 30.5 Å². The second kappa shape index (κ2) is 3.93. The molecule has 3 nitrogen and oxygen atoms in total. The van der Waals surface area contributed by atoms with E-state index in [0.717, 1.165) is 17.4 Å². The average molecular weight is 205 g/mol. The molecule has 15 heavy (non-hydrogen) atoms. The van der Waals surface area contributed by atoms with Crippen LogP contribution in [0.3, 0.4) is 0 Å². The Hall–Kier alpha value is -1.51. The molecule has 1 saturated carbocycles. The van der Waals surface area contributed by atoms with Crippen molar-refractivity contribution < 1.29 is 9.21 Å². The molecule has 0 radical (unpaired) electrons. The lowest BCUT2D eigenvalue weighted by atomic mass is 10.3. The molecule has 0 aliphatic heterocycles. The van der Waals surface area contributed by atoms with Gasteiger partial charge in [0.2, 0.25) is 5.91 Å². The van der Waals surface area contributed by atoms with Gasteiger partial charge in [0.05, 0.1) is 0 Å². The fourth-order valence-corrected chi connectivity index (χ4v) is 1.62. The van der Waals surface area contributed by atoms with Crippen molar-refractivity contribution in [2.75, 3.05) is 7.05 Å². The maximum atomic E-state index is 11.0. The van der Waals surface area contributed by atoms with Crippen LogP contribution in [0, 0.1) is 5.92 Å². The minimum Gasteiger partial charge on any atom is -0.461 e. The molecular formula is C12H15NO2. The Morgan fingerprint density at radius 2 is 2.33 bits per heavy atom. The predicted octanol–water partition coefficient (Wildman–Crippen LogP) is 2.16. The first-order valence-electron chi connectivity index (χ1n) is 5.20. The standard InChI is InChI=1S/C12H15NO2/c1-8-7-10(8)11-5-3-9(15-11)4-6-12(14)13-2/h3-6,8,10H,7H2,1-2H3,(H,13,14)/b6-4+. The van der Waals surface area contributed by atoms with Gasteiger partial charge in [0, 0.05) is 19.0 Å². The molecular weight excluding hydrogens is 190 g/mol. The number of rotatable bonds is 3. The van der Waals surface area contributed by atoms with E-state index in [9.17, 15) is 4.79 Å². The summed E-state index contributed by atoms with van der Waals surface area (Å²) in [5.74, 6) is 3.00. The SMILES string of the molecule is CNC(=O)/C=C/c1ccc(C2CC2C)o1. The molecule has 1 heterocycles. The maximum absolute atomic E-state index is 11.0. The first-order chi connectivity index (χ1) is 7.20. The molecule has 1 aromatic rings. The lowest BCUT2D eigenvalue weighted by Crippen LogP contribution is -2.13. The molecule has 1 aliphatic rings. The topological polar surface area (TPSA) is 42.2 Å². The van der Waals surface area contributed by atoms with Gasteiger partial charge < -0.3 is 9.73 Å². The van der Waals surface area contributed by atoms with Gasteiger partial charge in [0.25, 0.3) is 0 Å². The zero-order chi connectivity index (χ0) is 10.8. The van der Waals surface area contributed by atoms with Gasteiger partial charge in [-0.15, -0.1) is 0 Å². The summed E-state index contributed by atoms with van der Waals surface area (Å²) in [6, 6.07) is 3.90. The monoisotopic (exact) mass is 205 g/mol. The number of hydrogen-bond acceptors (Lipinski definition) is 2. The van der Waals surface area contributed by atoms with Gasteiger partial charge in [0.1, 0.15) is 11.5 Å². The quantitative estimate of drug-likeness (QED) is 0.768. The van der Waals surface area contributed by atoms with Crippen molar-refractivity contribution in [2.24, 2.45) is 5.92 Å². The molecule has 80 valence electrons. The van der Waals surface area contributed by atoms with Crippen LogP contribution in [0.5, 0.6) is 0 Å². The summed E-state index contributed by atoms with van der Waals surface area (Å²) in [7, 11) is 1.60. The number of hydrogen-bond donors (Lipinski definition) is 1. The van der Waals surface area contributed by atoms with Crippen LogP contribution in [0.4, 0.5) is 0 Å². The van der Waals surface area contributed by atoms with E-state index >= 15 is 0 Å². The Bertz CT molecular complexity index is 392. The zero-order valence-electron chi connectivity index (χ0n) is 8.99. The van der Waals surface area contributed by atoms with E-state index in [4.69, 9.17) is 4.42 Å². The van der Waals surface area contributed by atoms with Crippen molar-refractivity contribution in [1.82, 2.24) is 5.32 Å². The van der Waals surface area contributed by atoms with Gasteiger partial charge in [-0.2, -0.15) is 0 Å². The molecule has 1 aromatic heterocycles. The average Bonchev–Trinajstić information content (AvgIpc) is 2.80. The van der Waals surface area contributed by atoms with Crippen LogP contribution in [0.15, 0.2) is 22.6 Å². The highest BCUT2D eigenvalue weighted by atomic mass is 16.3. The zero-order valence-corrected chi connectivity index (χ0v) is 8.99. The lowest BCUT2D eigenvalue weighted by Gasteiger charge is -1.91. The van der Waals surface area contributed by atoms with E-state index < -0.39 is 0 Å². The Labute approximate surface area is 89.2 Å². The van der Waals surface area contributed by atoms with E-state index in [2.05, 4.69) is 12.2 Å². The van der Waals surface area contributed by atoms with Crippen LogP contribution in [-0.2, 0) is 4.79 Å². The van der Waals surface area contributed by atoms with Crippen LogP contribution in [-0.4, -0.2) is 13.0 Å². The highest BCUT2D eigenvalue weighted by molar-refractivity contribution is 5.91. The van der Waals surface area contributed by atoms with Crippen molar-refractivity contribution in [3.8, 4) is 0 Å². The van der Waals surface area contributed by atoms with Crippen molar-refractivity contribution >= 4 is 12.0 Å². The molecule has 0 aromatic carbocycles. The summed E-state index contributed by atoms with van der Waals surface area (Å²) in [6.45, 7) is 2.22. The van der Waals surface area contributed by atoms with E-state index in [1.54, 1.807) is 13.1 Å². The third kappa shape index (κ3) is 2.29. The molecule has 2 unspecified atom stereocenters. The maximum Gasteiger partial charge on any atom is 0.243 e.